The molecule has 1 aromatic rings. The zero-order chi connectivity index (χ0) is 15.3. The van der Waals surface area contributed by atoms with Crippen molar-refractivity contribution in [2.45, 2.75) is 20.3 Å². The van der Waals surface area contributed by atoms with Gasteiger partial charge in [0.1, 0.15) is 5.82 Å². The minimum atomic E-state index is -1.01. The molecule has 0 aromatic heterocycles. The number of nitro benzene ring substituents is 1. The number of ether oxygens (including phenoxy) is 2. The van der Waals surface area contributed by atoms with Gasteiger partial charge in [-0.1, -0.05) is 13.8 Å². The van der Waals surface area contributed by atoms with Crippen LogP contribution in [0.3, 0.4) is 0 Å². The first-order chi connectivity index (χ1) is 9.36. The highest BCUT2D eigenvalue weighted by atomic mass is 19.1. The quantitative estimate of drug-likeness (QED) is 0.456. The third kappa shape index (κ3) is 3.91. The Morgan fingerprint density at radius 1 is 1.45 bits per heavy atom. The number of benzene rings is 1. The van der Waals surface area contributed by atoms with Crippen LogP contribution < -0.4 is 4.74 Å². The Labute approximate surface area is 115 Å². The molecule has 20 heavy (non-hydrogen) atoms. The molecule has 0 N–H and O–H groups in total. The summed E-state index contributed by atoms with van der Waals surface area (Å²) in [6, 6.07) is 1.66. The molecule has 0 saturated heterocycles. The van der Waals surface area contributed by atoms with E-state index in [1.807, 2.05) is 13.8 Å². The van der Waals surface area contributed by atoms with E-state index in [-0.39, 0.29) is 12.4 Å². The molecule has 0 atom stereocenters. The van der Waals surface area contributed by atoms with Crippen LogP contribution in [-0.4, -0.2) is 24.6 Å². The second-order valence-corrected chi connectivity index (χ2v) is 4.58. The molecule has 0 saturated carbocycles. The third-order valence-corrected chi connectivity index (χ3v) is 2.60. The largest absolute Gasteiger partial charge is 0.487 e. The van der Waals surface area contributed by atoms with Gasteiger partial charge in [0, 0.05) is 6.07 Å². The zero-order valence-electron chi connectivity index (χ0n) is 11.5. The van der Waals surface area contributed by atoms with Gasteiger partial charge in [-0.25, -0.2) is 9.18 Å². The van der Waals surface area contributed by atoms with Gasteiger partial charge in [0.25, 0.3) is 0 Å². The summed E-state index contributed by atoms with van der Waals surface area (Å²) in [5, 5.41) is 10.9. The molecule has 0 aliphatic carbocycles. The number of rotatable bonds is 6. The van der Waals surface area contributed by atoms with Crippen molar-refractivity contribution in [1.82, 2.24) is 0 Å². The van der Waals surface area contributed by atoms with Crippen molar-refractivity contribution in [3.8, 4) is 5.75 Å². The summed E-state index contributed by atoms with van der Waals surface area (Å²) in [7, 11) is 1.10. The average Bonchev–Trinajstić information content (AvgIpc) is 2.38. The van der Waals surface area contributed by atoms with Crippen LogP contribution in [0.5, 0.6) is 5.75 Å². The van der Waals surface area contributed by atoms with Gasteiger partial charge < -0.3 is 9.47 Å². The monoisotopic (exact) mass is 285 g/mol. The Bertz CT molecular complexity index is 516. The van der Waals surface area contributed by atoms with Crippen LogP contribution in [0.4, 0.5) is 10.1 Å². The minimum Gasteiger partial charge on any atom is -0.487 e. The topological polar surface area (TPSA) is 78.7 Å². The second kappa shape index (κ2) is 6.83. The summed E-state index contributed by atoms with van der Waals surface area (Å²) in [6.07, 6.45) is 0.683. The zero-order valence-corrected chi connectivity index (χ0v) is 11.5. The molecule has 110 valence electrons. The van der Waals surface area contributed by atoms with Crippen molar-refractivity contribution in [3.05, 3.63) is 33.6 Å². The number of methoxy groups -OCH3 is 1. The number of nitro groups is 1. The number of carbonyl (C=O) groups excluding carboxylic acids is 1. The fourth-order valence-electron chi connectivity index (χ4n) is 1.47. The summed E-state index contributed by atoms with van der Waals surface area (Å²) in [4.78, 5) is 21.5. The summed E-state index contributed by atoms with van der Waals surface area (Å²) in [5.41, 5.74) is -0.906. The lowest BCUT2D eigenvalue weighted by molar-refractivity contribution is -0.386. The van der Waals surface area contributed by atoms with Gasteiger partial charge in [-0.3, -0.25) is 10.1 Å². The van der Waals surface area contributed by atoms with E-state index in [1.165, 1.54) is 0 Å². The van der Waals surface area contributed by atoms with Gasteiger partial charge >= 0.3 is 11.7 Å². The van der Waals surface area contributed by atoms with E-state index < -0.39 is 28.0 Å². The lowest BCUT2D eigenvalue weighted by Crippen LogP contribution is -2.08. The third-order valence-electron chi connectivity index (χ3n) is 2.60. The molecule has 0 spiro atoms. The van der Waals surface area contributed by atoms with Crippen LogP contribution in [0, 0.1) is 21.8 Å². The predicted octanol–water partition coefficient (Wildman–Crippen LogP) is 2.95. The Hall–Kier alpha value is -2.18. The van der Waals surface area contributed by atoms with E-state index in [4.69, 9.17) is 4.74 Å². The molecule has 0 heterocycles. The lowest BCUT2D eigenvalue weighted by atomic mass is 10.1. The van der Waals surface area contributed by atoms with E-state index in [0.717, 1.165) is 13.2 Å². The van der Waals surface area contributed by atoms with Crippen molar-refractivity contribution in [2.75, 3.05) is 13.7 Å². The van der Waals surface area contributed by atoms with Gasteiger partial charge in [-0.15, -0.1) is 0 Å². The van der Waals surface area contributed by atoms with E-state index in [0.29, 0.717) is 18.4 Å². The Morgan fingerprint density at radius 3 is 2.60 bits per heavy atom. The first-order valence-electron chi connectivity index (χ1n) is 6.05. The van der Waals surface area contributed by atoms with Gasteiger partial charge in [-0.2, -0.15) is 0 Å². The number of hydrogen-bond donors (Lipinski definition) is 0. The summed E-state index contributed by atoms with van der Waals surface area (Å²) in [6.45, 7) is 4.19. The smallest absolute Gasteiger partial charge is 0.340 e. The number of halogens is 1. The maximum absolute atomic E-state index is 13.6. The minimum absolute atomic E-state index is 0.141. The fourth-order valence-corrected chi connectivity index (χ4v) is 1.47. The Morgan fingerprint density at radius 2 is 2.10 bits per heavy atom. The van der Waals surface area contributed by atoms with E-state index in [2.05, 4.69) is 4.74 Å². The molecule has 0 bridgehead atoms. The molecule has 1 rings (SSSR count). The molecular formula is C13H16FNO5. The summed E-state index contributed by atoms with van der Waals surface area (Å²) < 4.78 is 23.3. The van der Waals surface area contributed by atoms with Gasteiger partial charge in [-0.05, 0) is 12.3 Å². The van der Waals surface area contributed by atoms with Gasteiger partial charge in [0.2, 0.25) is 0 Å². The highest BCUT2D eigenvalue weighted by Gasteiger charge is 2.23. The lowest BCUT2D eigenvalue weighted by Gasteiger charge is -2.10. The molecule has 0 aliphatic rings. The molecule has 0 aliphatic heterocycles. The average molecular weight is 285 g/mol. The normalized spacial score (nSPS) is 10.4. The summed E-state index contributed by atoms with van der Waals surface area (Å²) >= 11 is 0. The van der Waals surface area contributed by atoms with Crippen molar-refractivity contribution in [1.29, 1.82) is 0 Å². The van der Waals surface area contributed by atoms with Gasteiger partial charge in [0.15, 0.2) is 5.75 Å². The molecule has 0 unspecified atom stereocenters. The van der Waals surface area contributed by atoms with Crippen molar-refractivity contribution in [3.63, 3.8) is 0 Å². The number of nitrogens with zero attached hydrogens (tertiary/aromatic N) is 1. The van der Waals surface area contributed by atoms with Crippen LogP contribution in [0.15, 0.2) is 12.1 Å². The highest BCUT2D eigenvalue weighted by Crippen LogP contribution is 2.30. The number of hydrogen-bond acceptors (Lipinski definition) is 5. The highest BCUT2D eigenvalue weighted by molar-refractivity contribution is 5.90. The number of esters is 1. The van der Waals surface area contributed by atoms with Crippen LogP contribution in [-0.2, 0) is 4.74 Å². The molecule has 7 heteroatoms. The Kier molecular flexibility index (Phi) is 5.42. The van der Waals surface area contributed by atoms with Crippen LogP contribution >= 0.6 is 0 Å². The molecular weight excluding hydrogens is 269 g/mol. The van der Waals surface area contributed by atoms with E-state index in [1.54, 1.807) is 0 Å². The van der Waals surface area contributed by atoms with Crippen LogP contribution in [0.1, 0.15) is 30.6 Å². The van der Waals surface area contributed by atoms with E-state index in [9.17, 15) is 19.3 Å². The predicted molar refractivity (Wildman–Crippen MR) is 69.3 cm³/mol. The maximum Gasteiger partial charge on any atom is 0.340 e. The SMILES string of the molecule is COC(=O)c1cc(OCCC(C)C)c([N+](=O)[O-])cc1F. The molecule has 1 aromatic carbocycles. The standard InChI is InChI=1S/C13H16FNO5/c1-8(2)4-5-20-12-6-9(13(16)19-3)10(14)7-11(12)15(17)18/h6-8H,4-5H2,1-3H3. The Balaban J connectivity index is 3.10. The molecule has 0 amide bonds. The summed E-state index contributed by atoms with van der Waals surface area (Å²) in [5.74, 6) is -1.71. The van der Waals surface area contributed by atoms with Crippen LogP contribution in [0.2, 0.25) is 0 Å². The molecule has 0 radical (unpaired) electrons. The fraction of sp³-hybridized carbons (Fsp3) is 0.462. The van der Waals surface area contributed by atoms with Gasteiger partial charge in [0.05, 0.1) is 30.3 Å². The first kappa shape index (κ1) is 15.9. The van der Waals surface area contributed by atoms with E-state index >= 15 is 0 Å². The number of carbonyl (C=O) groups is 1. The molecule has 0 fully saturated rings. The van der Waals surface area contributed by atoms with Crippen molar-refractivity contribution >= 4 is 11.7 Å². The maximum atomic E-state index is 13.6. The first-order valence-corrected chi connectivity index (χ1v) is 6.05. The van der Waals surface area contributed by atoms with Crippen LogP contribution in [0.25, 0.3) is 0 Å². The van der Waals surface area contributed by atoms with Crippen molar-refractivity contribution < 1.29 is 23.6 Å². The second-order valence-electron chi connectivity index (χ2n) is 4.58. The van der Waals surface area contributed by atoms with Crippen molar-refractivity contribution in [2.24, 2.45) is 5.92 Å². The molecule has 6 nitrogen and oxygen atoms in total.